The first-order valence-electron chi connectivity index (χ1n) is 10.3. The fourth-order valence-electron chi connectivity index (χ4n) is 3.21. The lowest BCUT2D eigenvalue weighted by Gasteiger charge is -2.24. The van der Waals surface area contributed by atoms with E-state index in [0.717, 1.165) is 4.90 Å². The van der Waals surface area contributed by atoms with E-state index in [1.54, 1.807) is 32.9 Å². The van der Waals surface area contributed by atoms with Gasteiger partial charge >= 0.3 is 12.1 Å². The molecule has 0 spiro atoms. The van der Waals surface area contributed by atoms with Crippen LogP contribution < -0.4 is 9.64 Å². The molecule has 2 heterocycles. The summed E-state index contributed by atoms with van der Waals surface area (Å²) < 4.78 is 16.0. The van der Waals surface area contributed by atoms with Crippen molar-refractivity contribution in [3.8, 4) is 5.88 Å². The van der Waals surface area contributed by atoms with Crippen molar-refractivity contribution in [2.75, 3.05) is 12.0 Å². The number of halogens is 2. The highest BCUT2D eigenvalue weighted by atomic mass is 35.5. The van der Waals surface area contributed by atoms with E-state index in [9.17, 15) is 14.4 Å². The summed E-state index contributed by atoms with van der Waals surface area (Å²) in [5, 5.41) is 0.621. The maximum Gasteiger partial charge on any atom is 0.422 e. The predicted molar refractivity (Wildman–Crippen MR) is 129 cm³/mol. The molecule has 10 heteroatoms. The van der Waals surface area contributed by atoms with Gasteiger partial charge in [0.2, 0.25) is 11.5 Å². The summed E-state index contributed by atoms with van der Waals surface area (Å²) in [7, 11) is 1.25. The number of carbonyl (C=O) groups is 3. The molecule has 2 amide bonds. The van der Waals surface area contributed by atoms with Gasteiger partial charge in [-0.05, 0) is 58.9 Å². The fraction of sp³-hybridized carbons (Fsp3) is 0.333. The van der Waals surface area contributed by atoms with E-state index in [-0.39, 0.29) is 22.2 Å². The Morgan fingerprint density at radius 2 is 1.74 bits per heavy atom. The average Bonchev–Trinajstić information content (AvgIpc) is 2.98. The van der Waals surface area contributed by atoms with Crippen molar-refractivity contribution in [2.45, 2.75) is 45.8 Å². The highest BCUT2D eigenvalue weighted by Gasteiger charge is 2.40. The van der Waals surface area contributed by atoms with Crippen molar-refractivity contribution in [1.82, 2.24) is 4.98 Å². The third-order valence-electron chi connectivity index (χ3n) is 4.67. The number of anilines is 1. The fourth-order valence-corrected chi connectivity index (χ4v) is 3.54. The zero-order chi connectivity index (χ0) is 25.4. The minimum atomic E-state index is -1.36. The van der Waals surface area contributed by atoms with Crippen molar-refractivity contribution < 1.29 is 28.6 Å². The van der Waals surface area contributed by atoms with E-state index >= 15 is 0 Å². The van der Waals surface area contributed by atoms with Crippen molar-refractivity contribution in [1.29, 1.82) is 0 Å². The lowest BCUT2D eigenvalue weighted by molar-refractivity contribution is -0.156. The van der Waals surface area contributed by atoms with Gasteiger partial charge in [0.1, 0.15) is 5.60 Å². The molecule has 0 fully saturated rings. The Kier molecular flexibility index (Phi) is 6.96. The third kappa shape index (κ3) is 5.34. The molecule has 3 rings (SSSR count). The SMILES string of the molecule is COC(=O)C(C)(C)Oc1ncc(Cl)cc1/C=C1/C(=O)N(C(=O)OC(C)(C)C)c2cc(Cl)ccc21. The van der Waals surface area contributed by atoms with Crippen LogP contribution in [0.1, 0.15) is 45.7 Å². The number of aromatic nitrogens is 1. The number of amides is 2. The molecule has 34 heavy (non-hydrogen) atoms. The first-order valence-corrected chi connectivity index (χ1v) is 11.0. The van der Waals surface area contributed by atoms with Crippen molar-refractivity contribution in [3.05, 3.63) is 51.6 Å². The van der Waals surface area contributed by atoms with Crippen LogP contribution in [0.4, 0.5) is 10.5 Å². The molecule has 1 aliphatic heterocycles. The maximum atomic E-state index is 13.4. The first-order chi connectivity index (χ1) is 15.7. The third-order valence-corrected chi connectivity index (χ3v) is 5.12. The van der Waals surface area contributed by atoms with Gasteiger partial charge in [-0.3, -0.25) is 4.79 Å². The number of hydrogen-bond acceptors (Lipinski definition) is 7. The number of carbonyl (C=O) groups excluding carboxylic acids is 3. The van der Waals surface area contributed by atoms with Gasteiger partial charge in [-0.1, -0.05) is 29.3 Å². The molecule has 0 bridgehead atoms. The number of imide groups is 1. The summed E-state index contributed by atoms with van der Waals surface area (Å²) in [6.07, 6.45) is 2.00. The zero-order valence-electron chi connectivity index (χ0n) is 19.6. The second kappa shape index (κ2) is 9.27. The van der Waals surface area contributed by atoms with E-state index < -0.39 is 29.2 Å². The Bertz CT molecular complexity index is 1200. The molecule has 0 saturated heterocycles. The van der Waals surface area contributed by atoms with Gasteiger partial charge in [-0.2, -0.15) is 0 Å². The quantitative estimate of drug-likeness (QED) is 0.396. The summed E-state index contributed by atoms with van der Waals surface area (Å²) >= 11 is 12.3. The number of ether oxygens (including phenoxy) is 3. The number of fused-ring (bicyclic) bond motifs is 1. The minimum Gasteiger partial charge on any atom is -0.466 e. The molecule has 0 aliphatic carbocycles. The van der Waals surface area contributed by atoms with Crippen LogP contribution in [0.2, 0.25) is 10.0 Å². The van der Waals surface area contributed by atoms with Gasteiger partial charge < -0.3 is 14.2 Å². The Morgan fingerprint density at radius 3 is 2.35 bits per heavy atom. The number of rotatable bonds is 4. The number of benzene rings is 1. The van der Waals surface area contributed by atoms with E-state index in [1.165, 1.54) is 45.4 Å². The number of esters is 1. The van der Waals surface area contributed by atoms with E-state index in [2.05, 4.69) is 4.98 Å². The summed E-state index contributed by atoms with van der Waals surface area (Å²) in [5.41, 5.74) is -0.956. The van der Waals surface area contributed by atoms with Gasteiger partial charge in [0.15, 0.2) is 0 Å². The highest BCUT2D eigenvalue weighted by Crippen LogP contribution is 2.41. The predicted octanol–water partition coefficient (Wildman–Crippen LogP) is 5.54. The zero-order valence-corrected chi connectivity index (χ0v) is 21.1. The molecule has 2 aromatic rings. The Balaban J connectivity index is 2.12. The van der Waals surface area contributed by atoms with Crippen LogP contribution in [0.5, 0.6) is 5.88 Å². The summed E-state index contributed by atoms with van der Waals surface area (Å²) in [4.78, 5) is 43.5. The summed E-state index contributed by atoms with van der Waals surface area (Å²) in [5.74, 6) is -1.19. The van der Waals surface area contributed by atoms with Crippen LogP contribution in [0.15, 0.2) is 30.5 Å². The van der Waals surface area contributed by atoms with E-state index in [0.29, 0.717) is 16.1 Å². The first kappa shape index (κ1) is 25.5. The van der Waals surface area contributed by atoms with Crippen molar-refractivity contribution in [3.63, 3.8) is 0 Å². The molecule has 0 atom stereocenters. The molecule has 0 radical (unpaired) electrons. The molecule has 0 saturated carbocycles. The standard InChI is InChI=1S/C24H24Cl2N2O6/c1-23(2,3)34-22(31)28-18-11-14(25)7-8-16(18)17(20(28)29)10-13-9-15(26)12-27-19(13)33-24(4,5)21(30)32-6/h7-12H,1-6H3/b17-10+. The van der Waals surface area contributed by atoms with Crippen molar-refractivity contribution in [2.24, 2.45) is 0 Å². The molecule has 0 unspecified atom stereocenters. The van der Waals surface area contributed by atoms with E-state index in [4.69, 9.17) is 37.4 Å². The molecule has 1 aromatic heterocycles. The molecule has 1 aromatic carbocycles. The van der Waals surface area contributed by atoms with Crippen LogP contribution in [0, 0.1) is 0 Å². The number of nitrogens with zero attached hydrogens (tertiary/aromatic N) is 2. The highest BCUT2D eigenvalue weighted by molar-refractivity contribution is 6.42. The number of methoxy groups -OCH3 is 1. The number of pyridine rings is 1. The molecular formula is C24H24Cl2N2O6. The van der Waals surface area contributed by atoms with Crippen LogP contribution in [-0.4, -0.2) is 41.3 Å². The molecule has 8 nitrogen and oxygen atoms in total. The topological polar surface area (TPSA) is 95.0 Å². The average molecular weight is 507 g/mol. The van der Waals surface area contributed by atoms with Crippen LogP contribution in [-0.2, 0) is 19.1 Å². The van der Waals surface area contributed by atoms with Crippen LogP contribution in [0.3, 0.4) is 0 Å². The van der Waals surface area contributed by atoms with Crippen molar-refractivity contribution >= 4 is 58.5 Å². The maximum absolute atomic E-state index is 13.4. The monoisotopic (exact) mass is 506 g/mol. The Labute approximate surface area is 207 Å². The van der Waals surface area contributed by atoms with Gasteiger partial charge in [-0.15, -0.1) is 0 Å². The summed E-state index contributed by atoms with van der Waals surface area (Å²) in [6.45, 7) is 8.14. The minimum absolute atomic E-state index is 0.0475. The number of hydrogen-bond donors (Lipinski definition) is 0. The Hall–Kier alpha value is -3.10. The molecular weight excluding hydrogens is 483 g/mol. The van der Waals surface area contributed by atoms with Gasteiger partial charge in [0.25, 0.3) is 5.91 Å². The second-order valence-corrected chi connectivity index (χ2v) is 9.87. The molecule has 0 N–H and O–H groups in total. The smallest absolute Gasteiger partial charge is 0.422 e. The summed E-state index contributed by atoms with van der Waals surface area (Å²) in [6, 6.07) is 6.27. The van der Waals surface area contributed by atoms with Crippen LogP contribution in [0.25, 0.3) is 11.6 Å². The lowest BCUT2D eigenvalue weighted by atomic mass is 10.0. The van der Waals surface area contributed by atoms with Gasteiger partial charge in [0.05, 0.1) is 23.4 Å². The molecule has 1 aliphatic rings. The molecule has 180 valence electrons. The van der Waals surface area contributed by atoms with Gasteiger partial charge in [0, 0.05) is 22.3 Å². The van der Waals surface area contributed by atoms with E-state index in [1.807, 2.05) is 0 Å². The van der Waals surface area contributed by atoms with Crippen LogP contribution >= 0.6 is 23.2 Å². The normalized spacial score (nSPS) is 14.8. The Morgan fingerprint density at radius 1 is 1.06 bits per heavy atom. The second-order valence-electron chi connectivity index (χ2n) is 8.99. The van der Waals surface area contributed by atoms with Gasteiger partial charge in [-0.25, -0.2) is 19.5 Å². The lowest BCUT2D eigenvalue weighted by Crippen LogP contribution is -2.39. The largest absolute Gasteiger partial charge is 0.466 e.